The van der Waals surface area contributed by atoms with Crippen LogP contribution in [-0.2, 0) is 14.3 Å². The smallest absolute Gasteiger partial charge is 0.328 e. The summed E-state index contributed by atoms with van der Waals surface area (Å²) in [6, 6.07) is 0. The summed E-state index contributed by atoms with van der Waals surface area (Å²) in [5.74, 6) is -15.9. The minimum Gasteiger partial charge on any atom is -0.465 e. The van der Waals surface area contributed by atoms with Crippen LogP contribution in [0.3, 0.4) is 0 Å². The molecule has 0 aliphatic rings. The molecule has 1 rings (SSSR count). The Labute approximate surface area is 140 Å². The fourth-order valence-corrected chi connectivity index (χ4v) is 1.68. The Morgan fingerprint density at radius 3 is 1.80 bits per heavy atom. The summed E-state index contributed by atoms with van der Waals surface area (Å²) in [6.07, 6.45) is 2.19. The van der Waals surface area contributed by atoms with Crippen molar-refractivity contribution < 1.29 is 41.0 Å². The Morgan fingerprint density at radius 1 is 0.840 bits per heavy atom. The molecule has 1 aromatic rings. The van der Waals surface area contributed by atoms with Gasteiger partial charge in [0.2, 0.25) is 34.8 Å². The quantitative estimate of drug-likeness (QED) is 0.139. The Hall–Kier alpha value is -2.19. The lowest BCUT2D eigenvalue weighted by molar-refractivity contribution is -0.165. The van der Waals surface area contributed by atoms with E-state index in [0.29, 0.717) is 6.42 Å². The minimum atomic E-state index is -2.38. The van der Waals surface area contributed by atoms with Crippen LogP contribution in [-0.4, -0.2) is 18.5 Å². The molecule has 0 aromatic heterocycles. The highest BCUT2D eigenvalue weighted by molar-refractivity contribution is 5.99. The first-order chi connectivity index (χ1) is 11.6. The van der Waals surface area contributed by atoms with E-state index in [4.69, 9.17) is 4.74 Å². The van der Waals surface area contributed by atoms with Gasteiger partial charge in [-0.1, -0.05) is 19.8 Å². The van der Waals surface area contributed by atoms with E-state index in [1.165, 1.54) is 0 Å². The van der Waals surface area contributed by atoms with E-state index in [1.54, 1.807) is 0 Å². The van der Waals surface area contributed by atoms with Gasteiger partial charge < -0.3 is 9.47 Å². The van der Waals surface area contributed by atoms with E-state index in [0.717, 1.165) is 26.7 Å². The van der Waals surface area contributed by atoms with Gasteiger partial charge in [0.15, 0.2) is 5.41 Å². The second-order valence-corrected chi connectivity index (χ2v) is 5.76. The molecule has 0 saturated heterocycles. The number of ether oxygens (including phenoxy) is 2. The number of benzene rings is 1. The van der Waals surface area contributed by atoms with Gasteiger partial charge in [-0.2, -0.15) is 8.78 Å². The van der Waals surface area contributed by atoms with Gasteiger partial charge in [0.25, 0.3) is 0 Å². The summed E-state index contributed by atoms with van der Waals surface area (Å²) in [7, 11) is 0. The topological polar surface area (TPSA) is 52.6 Å². The lowest BCUT2D eigenvalue weighted by Crippen LogP contribution is -2.38. The van der Waals surface area contributed by atoms with Gasteiger partial charge in [-0.25, -0.2) is 13.2 Å². The highest BCUT2D eigenvalue weighted by atomic mass is 19.2. The lowest BCUT2D eigenvalue weighted by Gasteiger charge is -2.21. The van der Waals surface area contributed by atoms with Crippen molar-refractivity contribution in [2.45, 2.75) is 40.0 Å². The van der Waals surface area contributed by atoms with Gasteiger partial charge in [0.1, 0.15) is 0 Å². The Kier molecular flexibility index (Phi) is 6.89. The predicted octanol–water partition coefficient (Wildman–Crippen LogP) is 4.05. The molecule has 0 aliphatic carbocycles. The average molecular weight is 368 g/mol. The third kappa shape index (κ3) is 4.46. The van der Waals surface area contributed by atoms with Crippen molar-refractivity contribution in [3.63, 3.8) is 0 Å². The van der Waals surface area contributed by atoms with Crippen LogP contribution < -0.4 is 4.74 Å². The molecular formula is C16H17F5O4. The highest BCUT2D eigenvalue weighted by Crippen LogP contribution is 2.31. The molecule has 1 aromatic carbocycles. The molecular weight excluding hydrogens is 351 g/mol. The van der Waals surface area contributed by atoms with E-state index >= 15 is 0 Å². The van der Waals surface area contributed by atoms with Gasteiger partial charge in [-0.05, 0) is 20.3 Å². The van der Waals surface area contributed by atoms with Crippen molar-refractivity contribution in [1.82, 2.24) is 0 Å². The summed E-state index contributed by atoms with van der Waals surface area (Å²) < 4.78 is 75.3. The number of halogens is 5. The van der Waals surface area contributed by atoms with Crippen molar-refractivity contribution in [3.8, 4) is 5.75 Å². The fraction of sp³-hybridized carbons (Fsp3) is 0.500. The number of carbonyl (C=O) groups is 2. The Morgan fingerprint density at radius 2 is 1.32 bits per heavy atom. The molecule has 0 atom stereocenters. The fourth-order valence-electron chi connectivity index (χ4n) is 1.68. The summed E-state index contributed by atoms with van der Waals surface area (Å²) in [5.41, 5.74) is -2.01. The molecule has 0 amide bonds. The molecule has 25 heavy (non-hydrogen) atoms. The molecule has 9 heteroatoms. The van der Waals surface area contributed by atoms with Gasteiger partial charge in [-0.15, -0.1) is 0 Å². The van der Waals surface area contributed by atoms with Crippen LogP contribution in [0.15, 0.2) is 0 Å². The normalized spacial score (nSPS) is 11.4. The molecule has 0 spiro atoms. The first kappa shape index (κ1) is 20.9. The van der Waals surface area contributed by atoms with Crippen LogP contribution in [0.1, 0.15) is 40.0 Å². The number of rotatable bonds is 7. The largest absolute Gasteiger partial charge is 0.465 e. The van der Waals surface area contributed by atoms with Crippen LogP contribution in [0.2, 0.25) is 0 Å². The molecule has 140 valence electrons. The van der Waals surface area contributed by atoms with E-state index < -0.39 is 52.2 Å². The zero-order valence-electron chi connectivity index (χ0n) is 13.9. The maximum atomic E-state index is 13.5. The van der Waals surface area contributed by atoms with E-state index in [9.17, 15) is 31.5 Å². The van der Waals surface area contributed by atoms with Crippen molar-refractivity contribution in [3.05, 3.63) is 29.1 Å². The number of hydrogen-bond acceptors (Lipinski definition) is 4. The number of esters is 2. The van der Waals surface area contributed by atoms with Crippen LogP contribution in [0, 0.1) is 34.5 Å². The van der Waals surface area contributed by atoms with E-state index in [-0.39, 0.29) is 6.61 Å². The zero-order valence-corrected chi connectivity index (χ0v) is 13.9. The van der Waals surface area contributed by atoms with Crippen LogP contribution >= 0.6 is 0 Å². The third-order valence-corrected chi connectivity index (χ3v) is 3.37. The first-order valence-corrected chi connectivity index (χ1v) is 7.46. The summed E-state index contributed by atoms with van der Waals surface area (Å²) in [6.45, 7) is 4.03. The molecule has 0 radical (unpaired) electrons. The average Bonchev–Trinajstić information content (AvgIpc) is 2.58. The van der Waals surface area contributed by atoms with Crippen molar-refractivity contribution in [2.24, 2.45) is 5.41 Å². The summed E-state index contributed by atoms with van der Waals surface area (Å²) in [4.78, 5) is 23.9. The van der Waals surface area contributed by atoms with Crippen molar-refractivity contribution in [2.75, 3.05) is 6.61 Å². The first-order valence-electron chi connectivity index (χ1n) is 7.46. The second kappa shape index (κ2) is 8.26. The third-order valence-electron chi connectivity index (χ3n) is 3.37. The van der Waals surface area contributed by atoms with Gasteiger partial charge >= 0.3 is 11.9 Å². The van der Waals surface area contributed by atoms with E-state index in [1.807, 2.05) is 6.92 Å². The maximum Gasteiger partial charge on any atom is 0.328 e. The second-order valence-electron chi connectivity index (χ2n) is 5.76. The molecule has 0 saturated carbocycles. The standard InChI is InChI=1S/C16H17F5O4/c1-4-5-6-7-24-14(22)16(2,3)15(23)25-13-11(20)9(18)8(17)10(19)12(13)21/h4-7H2,1-3H3. The molecule has 0 unspecified atom stereocenters. The monoisotopic (exact) mass is 368 g/mol. The van der Waals surface area contributed by atoms with Crippen LogP contribution in [0.5, 0.6) is 5.75 Å². The zero-order chi connectivity index (χ0) is 19.4. The van der Waals surface area contributed by atoms with Crippen LogP contribution in [0.25, 0.3) is 0 Å². The lowest BCUT2D eigenvalue weighted by atomic mass is 9.94. The Balaban J connectivity index is 2.96. The summed E-state index contributed by atoms with van der Waals surface area (Å²) in [5, 5.41) is 0. The van der Waals surface area contributed by atoms with Gasteiger partial charge in [-0.3, -0.25) is 9.59 Å². The SMILES string of the molecule is CCCCCOC(=O)C(C)(C)C(=O)Oc1c(F)c(F)c(F)c(F)c1F. The Bertz CT molecular complexity index is 644. The molecule has 0 aliphatic heterocycles. The number of carbonyl (C=O) groups excluding carboxylic acids is 2. The number of unbranched alkanes of at least 4 members (excludes halogenated alkanes) is 2. The maximum absolute atomic E-state index is 13.5. The molecule has 0 N–H and O–H groups in total. The molecule has 0 heterocycles. The minimum absolute atomic E-state index is 0.0198. The molecule has 0 fully saturated rings. The molecule has 0 bridgehead atoms. The van der Waals surface area contributed by atoms with Crippen LogP contribution in [0.4, 0.5) is 22.0 Å². The van der Waals surface area contributed by atoms with Crippen molar-refractivity contribution >= 4 is 11.9 Å². The van der Waals surface area contributed by atoms with E-state index in [2.05, 4.69) is 4.74 Å². The molecule has 4 nitrogen and oxygen atoms in total. The van der Waals surface area contributed by atoms with Gasteiger partial charge in [0.05, 0.1) is 6.61 Å². The highest BCUT2D eigenvalue weighted by Gasteiger charge is 2.41. The summed E-state index contributed by atoms with van der Waals surface area (Å²) >= 11 is 0. The van der Waals surface area contributed by atoms with Gasteiger partial charge in [0, 0.05) is 0 Å². The predicted molar refractivity (Wildman–Crippen MR) is 76.1 cm³/mol. The van der Waals surface area contributed by atoms with Crippen molar-refractivity contribution in [1.29, 1.82) is 0 Å². The number of hydrogen-bond donors (Lipinski definition) is 0.